The maximum absolute atomic E-state index is 11.8. The summed E-state index contributed by atoms with van der Waals surface area (Å²) in [4.78, 5) is 0.121. The summed E-state index contributed by atoms with van der Waals surface area (Å²) in [5.41, 5.74) is 0.850. The van der Waals surface area contributed by atoms with Crippen LogP contribution in [0.15, 0.2) is 41.6 Å². The summed E-state index contributed by atoms with van der Waals surface area (Å²) >= 11 is 0. The molecule has 0 fully saturated rings. The van der Waals surface area contributed by atoms with Gasteiger partial charge >= 0.3 is 0 Å². The number of benzene rings is 1. The van der Waals surface area contributed by atoms with Crippen LogP contribution in [0, 0.1) is 0 Å². The van der Waals surface area contributed by atoms with Crippen LogP contribution in [0.5, 0.6) is 5.75 Å². The first-order valence-corrected chi connectivity index (χ1v) is 6.71. The predicted octanol–water partition coefficient (Wildman–Crippen LogP) is 0.897. The van der Waals surface area contributed by atoms with Crippen LogP contribution in [0.4, 0.5) is 0 Å². The van der Waals surface area contributed by atoms with E-state index in [0.29, 0.717) is 0 Å². The minimum atomic E-state index is -3.51. The van der Waals surface area contributed by atoms with Gasteiger partial charge in [0.15, 0.2) is 0 Å². The van der Waals surface area contributed by atoms with E-state index in [0.717, 1.165) is 11.3 Å². The van der Waals surface area contributed by atoms with Crippen LogP contribution in [-0.4, -0.2) is 25.7 Å². The van der Waals surface area contributed by atoms with Gasteiger partial charge in [-0.25, -0.2) is 13.1 Å². The van der Waals surface area contributed by atoms with Gasteiger partial charge < -0.3 is 4.74 Å². The number of rotatable bonds is 5. The second kappa shape index (κ2) is 5.19. The van der Waals surface area contributed by atoms with Gasteiger partial charge in [0.25, 0.3) is 0 Å². The zero-order chi connectivity index (χ0) is 13.0. The number of nitrogens with zero attached hydrogens (tertiary/aromatic N) is 1. The Labute approximate surface area is 105 Å². The number of sulfonamides is 1. The Hall–Kier alpha value is -1.86. The van der Waals surface area contributed by atoms with Crippen LogP contribution < -0.4 is 9.46 Å². The van der Waals surface area contributed by atoms with Gasteiger partial charge in [-0.1, -0.05) is 12.1 Å². The van der Waals surface area contributed by atoms with Gasteiger partial charge in [-0.2, -0.15) is 5.10 Å². The lowest BCUT2D eigenvalue weighted by Crippen LogP contribution is -2.22. The van der Waals surface area contributed by atoms with E-state index in [9.17, 15) is 8.42 Å². The Morgan fingerprint density at radius 3 is 2.61 bits per heavy atom. The number of aromatic amines is 1. The van der Waals surface area contributed by atoms with E-state index in [2.05, 4.69) is 14.9 Å². The van der Waals surface area contributed by atoms with Crippen molar-refractivity contribution in [2.75, 3.05) is 7.11 Å². The second-order valence-corrected chi connectivity index (χ2v) is 5.37. The number of hydrogen-bond acceptors (Lipinski definition) is 4. The van der Waals surface area contributed by atoms with Crippen molar-refractivity contribution >= 4 is 10.0 Å². The van der Waals surface area contributed by atoms with Crippen molar-refractivity contribution < 1.29 is 13.2 Å². The smallest absolute Gasteiger partial charge is 0.243 e. The molecule has 96 valence electrons. The molecule has 0 aliphatic carbocycles. The molecule has 0 atom stereocenters. The second-order valence-electron chi connectivity index (χ2n) is 3.61. The molecule has 0 saturated heterocycles. The predicted molar refractivity (Wildman–Crippen MR) is 65.6 cm³/mol. The molecule has 2 N–H and O–H groups in total. The lowest BCUT2D eigenvalue weighted by atomic mass is 10.2. The average Bonchev–Trinajstić information content (AvgIpc) is 2.92. The minimum absolute atomic E-state index is 0.121. The van der Waals surface area contributed by atoms with Crippen molar-refractivity contribution in [3.05, 3.63) is 42.2 Å². The van der Waals surface area contributed by atoms with E-state index in [1.54, 1.807) is 31.4 Å². The third-order valence-electron chi connectivity index (χ3n) is 2.41. The van der Waals surface area contributed by atoms with Crippen molar-refractivity contribution in [1.29, 1.82) is 0 Å². The van der Waals surface area contributed by atoms with Gasteiger partial charge in [0.05, 0.1) is 13.3 Å². The van der Waals surface area contributed by atoms with E-state index < -0.39 is 10.0 Å². The van der Waals surface area contributed by atoms with Crippen LogP contribution in [0.3, 0.4) is 0 Å². The molecule has 1 heterocycles. The van der Waals surface area contributed by atoms with E-state index in [4.69, 9.17) is 4.74 Å². The maximum atomic E-state index is 11.8. The van der Waals surface area contributed by atoms with Gasteiger partial charge in [-0.05, 0) is 17.7 Å². The molecule has 2 aromatic rings. The largest absolute Gasteiger partial charge is 0.497 e. The maximum Gasteiger partial charge on any atom is 0.243 e. The van der Waals surface area contributed by atoms with Crippen LogP contribution in [0.2, 0.25) is 0 Å². The average molecular weight is 267 g/mol. The van der Waals surface area contributed by atoms with E-state index in [-0.39, 0.29) is 11.4 Å². The van der Waals surface area contributed by atoms with Crippen LogP contribution in [-0.2, 0) is 16.6 Å². The molecule has 0 aliphatic heterocycles. The summed E-state index contributed by atoms with van der Waals surface area (Å²) in [6, 6.07) is 7.16. The molecule has 2 rings (SSSR count). The van der Waals surface area contributed by atoms with Crippen molar-refractivity contribution in [3.8, 4) is 5.75 Å². The van der Waals surface area contributed by atoms with Gasteiger partial charge in [0.1, 0.15) is 10.6 Å². The van der Waals surface area contributed by atoms with E-state index in [1.807, 2.05) is 0 Å². The fraction of sp³-hybridized carbons (Fsp3) is 0.182. The fourth-order valence-electron chi connectivity index (χ4n) is 1.39. The zero-order valence-electron chi connectivity index (χ0n) is 9.75. The summed E-state index contributed by atoms with van der Waals surface area (Å²) < 4.78 is 31.1. The topological polar surface area (TPSA) is 84.1 Å². The molecule has 0 spiro atoms. The van der Waals surface area contributed by atoms with Gasteiger partial charge in [0.2, 0.25) is 10.0 Å². The summed E-state index contributed by atoms with van der Waals surface area (Å²) in [7, 11) is -1.93. The molecular formula is C11H13N3O3S. The Morgan fingerprint density at radius 2 is 2.06 bits per heavy atom. The Kier molecular flexibility index (Phi) is 3.63. The SMILES string of the molecule is COc1ccc(CNS(=O)(=O)c2cn[nH]c2)cc1. The number of nitrogens with one attached hydrogen (secondary N) is 2. The third-order valence-corrected chi connectivity index (χ3v) is 3.78. The molecular weight excluding hydrogens is 254 g/mol. The Morgan fingerprint density at radius 1 is 1.33 bits per heavy atom. The number of hydrogen-bond donors (Lipinski definition) is 2. The molecule has 0 saturated carbocycles. The monoisotopic (exact) mass is 267 g/mol. The molecule has 1 aromatic carbocycles. The van der Waals surface area contributed by atoms with Crippen molar-refractivity contribution in [2.45, 2.75) is 11.4 Å². The summed E-state index contributed by atoms with van der Waals surface area (Å²) in [5, 5.41) is 6.07. The number of methoxy groups -OCH3 is 1. The fourth-order valence-corrected chi connectivity index (χ4v) is 2.31. The van der Waals surface area contributed by atoms with Gasteiger partial charge in [0, 0.05) is 12.7 Å². The molecule has 0 aliphatic rings. The third kappa shape index (κ3) is 2.88. The molecule has 0 bridgehead atoms. The van der Waals surface area contributed by atoms with Crippen LogP contribution in [0.1, 0.15) is 5.56 Å². The lowest BCUT2D eigenvalue weighted by molar-refractivity contribution is 0.414. The first kappa shape index (κ1) is 12.6. The Bertz CT molecular complexity index is 591. The van der Waals surface area contributed by atoms with Crippen LogP contribution >= 0.6 is 0 Å². The molecule has 18 heavy (non-hydrogen) atoms. The standard InChI is InChI=1S/C11H13N3O3S/c1-17-10-4-2-9(3-5-10)6-14-18(15,16)11-7-12-13-8-11/h2-5,7-8,14H,6H2,1H3,(H,12,13). The Balaban J connectivity index is 2.03. The zero-order valence-corrected chi connectivity index (χ0v) is 10.6. The minimum Gasteiger partial charge on any atom is -0.497 e. The summed E-state index contributed by atoms with van der Waals surface area (Å²) in [6.45, 7) is 0.220. The summed E-state index contributed by atoms with van der Waals surface area (Å²) in [6.07, 6.45) is 2.59. The number of aromatic nitrogens is 2. The molecule has 0 radical (unpaired) electrons. The van der Waals surface area contributed by atoms with Crippen molar-refractivity contribution in [1.82, 2.24) is 14.9 Å². The van der Waals surface area contributed by atoms with Crippen molar-refractivity contribution in [2.24, 2.45) is 0 Å². The highest BCUT2D eigenvalue weighted by molar-refractivity contribution is 7.89. The highest BCUT2D eigenvalue weighted by Gasteiger charge is 2.14. The molecule has 6 nitrogen and oxygen atoms in total. The van der Waals surface area contributed by atoms with Crippen LogP contribution in [0.25, 0.3) is 0 Å². The van der Waals surface area contributed by atoms with E-state index >= 15 is 0 Å². The quantitative estimate of drug-likeness (QED) is 0.843. The highest BCUT2D eigenvalue weighted by atomic mass is 32.2. The molecule has 0 amide bonds. The van der Waals surface area contributed by atoms with Crippen molar-refractivity contribution in [3.63, 3.8) is 0 Å². The molecule has 0 unspecified atom stereocenters. The molecule has 1 aromatic heterocycles. The van der Waals surface area contributed by atoms with Gasteiger partial charge in [-0.15, -0.1) is 0 Å². The number of H-pyrrole nitrogens is 1. The number of ether oxygens (including phenoxy) is 1. The first-order chi connectivity index (χ1) is 8.62. The lowest BCUT2D eigenvalue weighted by Gasteiger charge is -2.05. The highest BCUT2D eigenvalue weighted by Crippen LogP contribution is 2.12. The normalized spacial score (nSPS) is 11.4. The summed E-state index contributed by atoms with van der Waals surface area (Å²) in [5.74, 6) is 0.733. The molecule has 7 heteroatoms. The van der Waals surface area contributed by atoms with E-state index in [1.165, 1.54) is 12.4 Å². The first-order valence-electron chi connectivity index (χ1n) is 5.23. The van der Waals surface area contributed by atoms with Gasteiger partial charge in [-0.3, -0.25) is 5.10 Å².